The summed E-state index contributed by atoms with van der Waals surface area (Å²) < 4.78 is 35.7. The number of aryl methyl sites for hydroxylation is 4. The first-order valence-electron chi connectivity index (χ1n) is 37.1. The third kappa shape index (κ3) is 172. The van der Waals surface area contributed by atoms with Crippen molar-refractivity contribution in [2.45, 2.75) is 61.1 Å². The van der Waals surface area contributed by atoms with Gasteiger partial charge in [-0.1, -0.05) is 43.5 Å². The van der Waals surface area contributed by atoms with Gasteiger partial charge < -0.3 is 20.7 Å². The number of carbonyl (C=O) groups excluding carboxylic acids is 2. The standard InChI is InChI=1S/2C21H22FNO2.CH4.ClH.43K.H/c2*1-5-10-23(14-17-6-8-18(22)9-7-17)19-11-15(2)20(16(3)12-19)13-21(24)25-4;;;;;;;;;;;;;;;;;;;;;;;;;;;;;;;;;;;;;;;;;;;;;;/h2*1,6-9,11-12H,10,13-14H2,2-4H3;1H4;1H;;;;;;;;;;;;;;;;;;;;;;;;;;;;;;;;;;;;;;;;;;;;/q;;;;;;;;;;;;;;;;;;;;;;;;;;;;;;;;;;;;;;;;;;;;;;+1;-1. The topological polar surface area (TPSA) is 59.1 Å². The summed E-state index contributed by atoms with van der Waals surface area (Å²) in [5.41, 5.74) is 9.91. The first-order valence-corrected chi connectivity index (χ1v) is 373. The van der Waals surface area contributed by atoms with Gasteiger partial charge in [0.2, 0.25) is 0 Å². The normalized spacial score (nSPS) is 7.14. The van der Waals surface area contributed by atoms with Crippen molar-refractivity contribution in [2.75, 3.05) is 37.1 Å². The van der Waals surface area contributed by atoms with E-state index in [4.69, 9.17) is 22.3 Å². The molecule has 95 heavy (non-hydrogen) atoms. The summed E-state index contributed by atoms with van der Waals surface area (Å²) in [5.74, 6) is 4.31. The third-order valence-corrected chi connectivity index (χ3v) is 8.33. The Hall–Kier alpha value is 65.1. The van der Waals surface area contributed by atoms with E-state index >= 15 is 0 Å². The van der Waals surface area contributed by atoms with E-state index in [0.717, 1.165) is 55.9 Å². The predicted octanol–water partition coefficient (Wildman–Crippen LogP) is -10.2. The Kier molecular flexibility index (Phi) is 487. The van der Waals surface area contributed by atoms with Crippen LogP contribution in [-0.4, -0.2) is 1370 Å². The van der Waals surface area contributed by atoms with Gasteiger partial charge in [-0.2, -0.15) is 0 Å². The molecule has 52 heteroatoms. The average molecular weight is 2410 g/mol. The van der Waals surface area contributed by atoms with Crippen LogP contribution in [0.2, 0.25) is 0 Å². The molecule has 0 bridgehead atoms. The first kappa shape index (κ1) is 212. The van der Waals surface area contributed by atoms with Crippen LogP contribution < -0.4 is 61.2 Å². The van der Waals surface area contributed by atoms with E-state index in [9.17, 15) is 18.4 Å². The van der Waals surface area contributed by atoms with E-state index in [1.807, 2.05) is 52.0 Å². The zero-order valence-electron chi connectivity index (χ0n) is 74.0. The monoisotopic (exact) mass is 2410 g/mol. The van der Waals surface area contributed by atoms with Crippen molar-refractivity contribution in [1.29, 1.82) is 0 Å². The molecular weight excluding hydrogens is 2360 g/mol. The van der Waals surface area contributed by atoms with Crippen molar-refractivity contribution in [3.8, 4) is 24.7 Å². The van der Waals surface area contributed by atoms with Gasteiger partial charge in [-0.25, -0.2) is 8.78 Å². The number of hydrogen-bond donors (Lipinski definition) is 0. The SMILES string of the molecule is C.C#CCN(Cc1ccc(F)cc1)c1cc(C)c(CC(=O)OC)c(C)c1.C#CCN(Cc1ccc(F)cc1)c1cc(C)c(CC(=O)OC)c(C)c1.Cl.[H-].[K+].[K][K].[K][K].[K][K].[K][K].[K][K].[K][K].[K][K].[K][K].[K][K].[K][K].[K][K].[K][K].[K][K].[K][K].[K][K].[K][K].[K][K].[K][K].[K][K].[K][K].[K][K]. The summed E-state index contributed by atoms with van der Waals surface area (Å²) in [6, 6.07) is 20.9. The third-order valence-electron chi connectivity index (χ3n) is 8.33. The minimum absolute atomic E-state index is 0. The number of nitrogens with zero attached hydrogens (tertiary/aromatic N) is 2. The van der Waals surface area contributed by atoms with Crippen LogP contribution >= 0.6 is 12.4 Å². The fraction of sp³-hybridized carbons (Fsp3) is 0.302. The Bertz CT molecular complexity index is 1780. The first-order chi connectivity index (χ1) is 44.9. The fourth-order valence-electron chi connectivity index (χ4n) is 5.61. The second kappa shape index (κ2) is 218. The van der Waals surface area contributed by atoms with Crippen LogP contribution in [0.4, 0.5) is 20.2 Å². The van der Waals surface area contributed by atoms with Crippen LogP contribution in [0.5, 0.6) is 0 Å². The molecule has 0 atom stereocenters. The molecular formula is C43H50ClF2K43N2O4. The molecule has 0 aromatic heterocycles. The van der Waals surface area contributed by atoms with Crippen molar-refractivity contribution in [3.05, 3.63) is 129 Å². The molecule has 4 aromatic rings. The van der Waals surface area contributed by atoms with Crippen LogP contribution in [0.3, 0.4) is 0 Å². The Labute approximate surface area is 1590 Å². The van der Waals surface area contributed by atoms with Gasteiger partial charge in [0.05, 0.1) is 40.2 Å². The molecule has 0 aliphatic rings. The van der Waals surface area contributed by atoms with Crippen LogP contribution in [0.1, 0.15) is 53.4 Å². The van der Waals surface area contributed by atoms with E-state index < -0.39 is 0 Å². The van der Waals surface area contributed by atoms with Crippen LogP contribution in [0, 0.1) is 64.0 Å². The van der Waals surface area contributed by atoms with E-state index in [1.54, 1.807) is 24.3 Å². The molecule has 0 fully saturated rings. The van der Waals surface area contributed by atoms with Crippen molar-refractivity contribution in [3.63, 3.8) is 0 Å². The van der Waals surface area contributed by atoms with Gasteiger partial charge >= 0.3 is 1390 Å². The molecule has 0 aliphatic carbocycles. The minimum atomic E-state index is -0.259. The van der Waals surface area contributed by atoms with Crippen LogP contribution in [0.25, 0.3) is 0 Å². The molecule has 0 saturated heterocycles. The molecule has 4 aromatic carbocycles. The van der Waals surface area contributed by atoms with Crippen LogP contribution in [-0.2, 0) is 45.0 Å². The predicted molar refractivity (Wildman–Crippen MR) is 453 cm³/mol. The average Bonchev–Trinajstić information content (AvgIpc) is 2.12. The van der Waals surface area contributed by atoms with Crippen LogP contribution in [0.15, 0.2) is 72.8 Å². The van der Waals surface area contributed by atoms with Gasteiger partial charge in [-0.05, 0) is 121 Å². The summed E-state index contributed by atoms with van der Waals surface area (Å²) in [6.45, 7) is 9.93. The number of halogens is 3. The number of benzene rings is 4. The van der Waals surface area contributed by atoms with Crippen molar-refractivity contribution >= 4 is 1360 Å². The number of carbonyl (C=O) groups is 2. The molecule has 0 radical (unpaired) electrons. The second-order valence-electron chi connectivity index (χ2n) is 12.0. The van der Waals surface area contributed by atoms with Crippen molar-refractivity contribution < 1.29 is 80.7 Å². The zero-order chi connectivity index (χ0) is 78.8. The van der Waals surface area contributed by atoms with Gasteiger partial charge in [0.1, 0.15) is 11.6 Å². The summed E-state index contributed by atoms with van der Waals surface area (Å²) in [7, 11) is 2.78. The van der Waals surface area contributed by atoms with Gasteiger partial charge in [0.15, 0.2) is 0 Å². The Balaban J connectivity index is -0.0000000332. The molecule has 0 spiro atoms. The Morgan fingerprint density at radius 1 is 0.379 bits per heavy atom. The van der Waals surface area contributed by atoms with Gasteiger partial charge in [-0.3, -0.25) is 9.59 Å². The molecule has 6 nitrogen and oxygen atoms in total. The molecule has 0 unspecified atom stereocenters. The summed E-state index contributed by atoms with van der Waals surface area (Å²) in [4.78, 5) is 27.3. The maximum absolute atomic E-state index is 13.1. The van der Waals surface area contributed by atoms with E-state index in [2.05, 4.69) is 21.6 Å². The summed E-state index contributed by atoms with van der Waals surface area (Å²) >= 11 is 52.5. The molecule has 0 saturated carbocycles. The van der Waals surface area contributed by atoms with Crippen molar-refractivity contribution in [2.24, 2.45) is 0 Å². The van der Waals surface area contributed by atoms with Crippen molar-refractivity contribution in [1.82, 2.24) is 0 Å². The Morgan fingerprint density at radius 2 is 0.537 bits per heavy atom. The molecule has 0 aliphatic heterocycles. The van der Waals surface area contributed by atoms with E-state index in [-0.39, 0.29) is 109 Å². The Morgan fingerprint density at radius 3 is 0.674 bits per heavy atom. The number of methoxy groups -OCH3 is 2. The number of anilines is 2. The number of ether oxygens (including phenoxy) is 2. The molecule has 0 N–H and O–H groups in total. The summed E-state index contributed by atoms with van der Waals surface area (Å²) in [5, 5.41) is 0. The fourth-order valence-corrected chi connectivity index (χ4v) is 5.61. The number of hydrogen-bond acceptors (Lipinski definition) is 6. The van der Waals surface area contributed by atoms with E-state index in [1.165, 1.54) is 1360 Å². The van der Waals surface area contributed by atoms with Gasteiger partial charge in [0, 0.05) is 24.5 Å². The van der Waals surface area contributed by atoms with Gasteiger partial charge in [-0.15, -0.1) is 25.3 Å². The second-order valence-corrected chi connectivity index (χ2v) is 12.0. The van der Waals surface area contributed by atoms with Gasteiger partial charge in [0.25, 0.3) is 0 Å². The quantitative estimate of drug-likeness (QED) is 0.0800. The van der Waals surface area contributed by atoms with E-state index in [0.29, 0.717) is 26.2 Å². The maximum atomic E-state index is 13.1. The molecule has 0 heterocycles. The molecule has 0 amide bonds. The number of rotatable bonds is 12. The summed E-state index contributed by atoms with van der Waals surface area (Å²) in [6.07, 6.45) is 11.5. The molecule has 4 rings (SSSR count). The number of terminal acetylenes is 2. The zero-order valence-corrected chi connectivity index (χ0v) is 208. The molecule has 320 valence electrons. The number of esters is 2.